The summed E-state index contributed by atoms with van der Waals surface area (Å²) < 4.78 is 0. The van der Waals surface area contributed by atoms with Crippen molar-refractivity contribution in [2.24, 2.45) is 5.92 Å². The number of nitrogens with one attached hydrogen (secondary N) is 1. The van der Waals surface area contributed by atoms with Gasteiger partial charge in [-0.3, -0.25) is 4.79 Å². The van der Waals surface area contributed by atoms with E-state index in [4.69, 9.17) is 5.11 Å². The van der Waals surface area contributed by atoms with Gasteiger partial charge in [-0.1, -0.05) is 24.3 Å². The fourth-order valence-corrected chi connectivity index (χ4v) is 2.01. The van der Waals surface area contributed by atoms with E-state index in [0.717, 1.165) is 24.1 Å². The Morgan fingerprint density at radius 3 is 2.71 bits per heavy atom. The smallest absolute Gasteiger partial charge is 0.224 e. The van der Waals surface area contributed by atoms with Gasteiger partial charge in [-0.2, -0.15) is 0 Å². The average molecular weight is 231 g/mol. The third kappa shape index (κ3) is 3.43. The van der Waals surface area contributed by atoms with E-state index < -0.39 is 0 Å². The molecule has 3 nitrogen and oxygen atoms in total. The summed E-state index contributed by atoms with van der Waals surface area (Å²) in [7, 11) is 0. The van der Waals surface area contributed by atoms with Crippen molar-refractivity contribution in [2.45, 2.75) is 25.9 Å². The van der Waals surface area contributed by atoms with Crippen molar-refractivity contribution in [3.8, 4) is 0 Å². The van der Waals surface area contributed by atoms with Crippen molar-refractivity contribution >= 4 is 11.6 Å². The summed E-state index contributed by atoms with van der Waals surface area (Å²) in [6.45, 7) is 0.0289. The van der Waals surface area contributed by atoms with Crippen LogP contribution in [0.25, 0.3) is 0 Å². The Morgan fingerprint density at radius 1 is 1.35 bits per heavy atom. The van der Waals surface area contributed by atoms with Crippen LogP contribution in [-0.4, -0.2) is 11.0 Å². The Hall–Kier alpha value is -1.61. The predicted octanol–water partition coefficient (Wildman–Crippen LogP) is 2.47. The van der Waals surface area contributed by atoms with Gasteiger partial charge < -0.3 is 10.4 Å². The molecule has 2 rings (SSSR count). The summed E-state index contributed by atoms with van der Waals surface area (Å²) in [5, 5.41) is 11.8. The van der Waals surface area contributed by atoms with E-state index in [1.165, 1.54) is 0 Å². The quantitative estimate of drug-likeness (QED) is 0.782. The Balaban J connectivity index is 1.86. The van der Waals surface area contributed by atoms with Crippen molar-refractivity contribution in [1.82, 2.24) is 0 Å². The molecule has 0 fully saturated rings. The first-order chi connectivity index (χ1) is 8.28. The first-order valence-corrected chi connectivity index (χ1v) is 5.94. The summed E-state index contributed by atoms with van der Waals surface area (Å²) in [5.74, 6) is 0.449. The van der Waals surface area contributed by atoms with E-state index in [1.807, 2.05) is 24.3 Å². The molecule has 1 aromatic rings. The number of hydrogen-bond donors (Lipinski definition) is 2. The number of carbonyl (C=O) groups is 1. The van der Waals surface area contributed by atoms with Gasteiger partial charge in [0.2, 0.25) is 5.91 Å². The van der Waals surface area contributed by atoms with Crippen LogP contribution in [0.15, 0.2) is 36.4 Å². The molecule has 0 heterocycles. The number of allylic oxidation sites excluding steroid dienone is 2. The molecule has 1 amide bonds. The summed E-state index contributed by atoms with van der Waals surface area (Å²) in [6, 6.07) is 7.25. The first-order valence-electron chi connectivity index (χ1n) is 5.94. The van der Waals surface area contributed by atoms with Gasteiger partial charge in [0.15, 0.2) is 0 Å². The molecule has 1 aliphatic carbocycles. The number of aliphatic hydroxyl groups excluding tert-OH is 1. The minimum atomic E-state index is 0.0289. The van der Waals surface area contributed by atoms with Crippen LogP contribution >= 0.6 is 0 Å². The Labute approximate surface area is 101 Å². The van der Waals surface area contributed by atoms with Gasteiger partial charge in [0.1, 0.15) is 0 Å². The average Bonchev–Trinajstić information content (AvgIpc) is 2.82. The lowest BCUT2D eigenvalue weighted by Crippen LogP contribution is -2.14. The fourth-order valence-electron chi connectivity index (χ4n) is 2.01. The molecule has 0 saturated heterocycles. The van der Waals surface area contributed by atoms with E-state index in [-0.39, 0.29) is 12.5 Å². The Bertz CT molecular complexity index is 409. The second-order valence-electron chi connectivity index (χ2n) is 4.37. The maximum atomic E-state index is 11.7. The number of aliphatic hydroxyl groups is 1. The van der Waals surface area contributed by atoms with E-state index in [2.05, 4.69) is 17.5 Å². The molecule has 0 aromatic heterocycles. The Morgan fingerprint density at radius 2 is 2.12 bits per heavy atom. The largest absolute Gasteiger partial charge is 0.392 e. The molecule has 0 bridgehead atoms. The lowest BCUT2D eigenvalue weighted by molar-refractivity contribution is -0.116. The molecule has 90 valence electrons. The second kappa shape index (κ2) is 5.64. The maximum Gasteiger partial charge on any atom is 0.224 e. The molecular weight excluding hydrogens is 214 g/mol. The van der Waals surface area contributed by atoms with Crippen LogP contribution in [0.4, 0.5) is 5.69 Å². The van der Waals surface area contributed by atoms with Crippen LogP contribution < -0.4 is 5.32 Å². The van der Waals surface area contributed by atoms with Crippen LogP contribution in [-0.2, 0) is 11.4 Å². The number of benzene rings is 1. The molecular formula is C14H17NO2. The van der Waals surface area contributed by atoms with Gasteiger partial charge in [-0.25, -0.2) is 0 Å². The minimum absolute atomic E-state index is 0.0289. The Kier molecular flexibility index (Phi) is 3.94. The van der Waals surface area contributed by atoms with Crippen molar-refractivity contribution in [3.05, 3.63) is 42.0 Å². The monoisotopic (exact) mass is 231 g/mol. The summed E-state index contributed by atoms with van der Waals surface area (Å²) >= 11 is 0. The van der Waals surface area contributed by atoms with Crippen molar-refractivity contribution in [1.29, 1.82) is 0 Å². The van der Waals surface area contributed by atoms with Crippen molar-refractivity contribution in [3.63, 3.8) is 0 Å². The summed E-state index contributed by atoms with van der Waals surface area (Å²) in [6.07, 6.45) is 6.97. The highest BCUT2D eigenvalue weighted by atomic mass is 16.3. The topological polar surface area (TPSA) is 49.3 Å². The molecule has 3 heteroatoms. The summed E-state index contributed by atoms with van der Waals surface area (Å²) in [4.78, 5) is 11.7. The highest BCUT2D eigenvalue weighted by Gasteiger charge is 2.13. The van der Waals surface area contributed by atoms with Crippen molar-refractivity contribution in [2.75, 3.05) is 5.32 Å². The molecule has 1 aromatic carbocycles. The van der Waals surface area contributed by atoms with Gasteiger partial charge >= 0.3 is 0 Å². The number of rotatable bonds is 4. The molecule has 0 aliphatic heterocycles. The molecule has 0 saturated carbocycles. The SMILES string of the molecule is O=C(CC1C=CCC1)Nc1ccc(CO)cc1. The van der Waals surface area contributed by atoms with Gasteiger partial charge in [-0.15, -0.1) is 0 Å². The normalized spacial score (nSPS) is 18.3. The van der Waals surface area contributed by atoms with E-state index >= 15 is 0 Å². The number of carbonyl (C=O) groups excluding carboxylic acids is 1. The van der Waals surface area contributed by atoms with Crippen LogP contribution in [0.5, 0.6) is 0 Å². The number of amides is 1. The lowest BCUT2D eigenvalue weighted by atomic mass is 10.1. The van der Waals surface area contributed by atoms with Crippen LogP contribution in [0.3, 0.4) is 0 Å². The van der Waals surface area contributed by atoms with Gasteiger partial charge in [0.25, 0.3) is 0 Å². The zero-order valence-corrected chi connectivity index (χ0v) is 9.73. The third-order valence-corrected chi connectivity index (χ3v) is 2.98. The van der Waals surface area contributed by atoms with Crippen LogP contribution in [0.2, 0.25) is 0 Å². The van der Waals surface area contributed by atoms with E-state index in [0.29, 0.717) is 12.3 Å². The first kappa shape index (κ1) is 11.9. The maximum absolute atomic E-state index is 11.7. The zero-order valence-electron chi connectivity index (χ0n) is 9.73. The molecule has 0 spiro atoms. The van der Waals surface area contributed by atoms with Gasteiger partial charge in [0.05, 0.1) is 6.61 Å². The second-order valence-corrected chi connectivity index (χ2v) is 4.37. The molecule has 1 aliphatic rings. The van der Waals surface area contributed by atoms with Crippen LogP contribution in [0.1, 0.15) is 24.8 Å². The highest BCUT2D eigenvalue weighted by molar-refractivity contribution is 5.91. The van der Waals surface area contributed by atoms with Gasteiger partial charge in [-0.05, 0) is 36.5 Å². The fraction of sp³-hybridized carbons (Fsp3) is 0.357. The highest BCUT2D eigenvalue weighted by Crippen LogP contribution is 2.21. The molecule has 17 heavy (non-hydrogen) atoms. The summed E-state index contributed by atoms with van der Waals surface area (Å²) in [5.41, 5.74) is 1.64. The standard InChI is InChI=1S/C14H17NO2/c16-10-12-5-7-13(8-6-12)15-14(17)9-11-3-1-2-4-11/h1,3,5-8,11,16H,2,4,9-10H2,(H,15,17). The van der Waals surface area contributed by atoms with E-state index in [1.54, 1.807) is 0 Å². The number of anilines is 1. The van der Waals surface area contributed by atoms with Crippen LogP contribution in [0, 0.1) is 5.92 Å². The predicted molar refractivity (Wildman–Crippen MR) is 67.5 cm³/mol. The lowest BCUT2D eigenvalue weighted by Gasteiger charge is -2.09. The number of hydrogen-bond acceptors (Lipinski definition) is 2. The minimum Gasteiger partial charge on any atom is -0.392 e. The molecule has 1 atom stereocenters. The van der Waals surface area contributed by atoms with E-state index in [9.17, 15) is 4.79 Å². The van der Waals surface area contributed by atoms with Gasteiger partial charge in [0, 0.05) is 12.1 Å². The molecule has 0 radical (unpaired) electrons. The van der Waals surface area contributed by atoms with Crippen molar-refractivity contribution < 1.29 is 9.90 Å². The molecule has 2 N–H and O–H groups in total. The third-order valence-electron chi connectivity index (χ3n) is 2.98. The zero-order chi connectivity index (χ0) is 12.1. The molecule has 1 unspecified atom stereocenters.